The number of hydrogen-bond donors (Lipinski definition) is 0. The van der Waals surface area contributed by atoms with Crippen LogP contribution < -0.4 is 4.74 Å². The van der Waals surface area contributed by atoms with Crippen LogP contribution in [0.2, 0.25) is 0 Å². The SMILES string of the molecule is COCOc1c(Br)cccc1C(F)(F)F. The van der Waals surface area contributed by atoms with Gasteiger partial charge < -0.3 is 9.47 Å². The van der Waals surface area contributed by atoms with Crippen LogP contribution in [0.5, 0.6) is 5.75 Å². The fourth-order valence-electron chi connectivity index (χ4n) is 0.997. The molecule has 2 nitrogen and oxygen atoms in total. The topological polar surface area (TPSA) is 18.5 Å². The van der Waals surface area contributed by atoms with Crippen LogP contribution in [0.1, 0.15) is 5.56 Å². The number of ether oxygens (including phenoxy) is 2. The van der Waals surface area contributed by atoms with Crippen molar-refractivity contribution in [1.82, 2.24) is 0 Å². The van der Waals surface area contributed by atoms with Gasteiger partial charge in [0.15, 0.2) is 6.79 Å². The summed E-state index contributed by atoms with van der Waals surface area (Å²) in [6.45, 7) is -0.230. The van der Waals surface area contributed by atoms with Gasteiger partial charge >= 0.3 is 6.18 Å². The molecule has 0 aliphatic rings. The number of para-hydroxylation sites is 1. The van der Waals surface area contributed by atoms with Crippen molar-refractivity contribution >= 4 is 15.9 Å². The molecule has 0 amide bonds. The molecule has 1 rings (SSSR count). The first kappa shape index (κ1) is 12.3. The summed E-state index contributed by atoms with van der Waals surface area (Å²) >= 11 is 2.99. The van der Waals surface area contributed by atoms with Crippen molar-refractivity contribution in [2.24, 2.45) is 0 Å². The van der Waals surface area contributed by atoms with Gasteiger partial charge in [-0.2, -0.15) is 13.2 Å². The summed E-state index contributed by atoms with van der Waals surface area (Å²) in [4.78, 5) is 0. The van der Waals surface area contributed by atoms with Gasteiger partial charge in [0.2, 0.25) is 0 Å². The minimum absolute atomic E-state index is 0.230. The number of halogens is 4. The maximum Gasteiger partial charge on any atom is 0.420 e. The van der Waals surface area contributed by atoms with Gasteiger partial charge in [-0.05, 0) is 28.1 Å². The van der Waals surface area contributed by atoms with Crippen LogP contribution in [0.3, 0.4) is 0 Å². The molecule has 0 atom stereocenters. The van der Waals surface area contributed by atoms with E-state index in [0.717, 1.165) is 6.07 Å². The van der Waals surface area contributed by atoms with E-state index in [2.05, 4.69) is 20.7 Å². The van der Waals surface area contributed by atoms with E-state index in [-0.39, 0.29) is 17.0 Å². The lowest BCUT2D eigenvalue weighted by molar-refractivity contribution is -0.139. The first-order valence-electron chi connectivity index (χ1n) is 3.94. The molecule has 84 valence electrons. The summed E-state index contributed by atoms with van der Waals surface area (Å²) in [6.07, 6.45) is -4.44. The molecule has 0 radical (unpaired) electrons. The van der Waals surface area contributed by atoms with Crippen LogP contribution in [0.25, 0.3) is 0 Å². The Morgan fingerprint density at radius 3 is 2.53 bits per heavy atom. The number of rotatable bonds is 3. The Kier molecular flexibility index (Phi) is 3.98. The van der Waals surface area contributed by atoms with Crippen molar-refractivity contribution in [2.45, 2.75) is 6.18 Å². The van der Waals surface area contributed by atoms with Crippen LogP contribution in [-0.4, -0.2) is 13.9 Å². The van der Waals surface area contributed by atoms with Crippen LogP contribution in [-0.2, 0) is 10.9 Å². The second-order valence-corrected chi connectivity index (χ2v) is 3.52. The zero-order valence-corrected chi connectivity index (χ0v) is 9.35. The molecule has 0 heterocycles. The first-order valence-corrected chi connectivity index (χ1v) is 4.73. The summed E-state index contributed by atoms with van der Waals surface area (Å²) in [7, 11) is 1.34. The molecule has 0 saturated carbocycles. The summed E-state index contributed by atoms with van der Waals surface area (Å²) in [5, 5.41) is 0. The normalized spacial score (nSPS) is 11.5. The van der Waals surface area contributed by atoms with Gasteiger partial charge in [-0.25, -0.2) is 0 Å². The molecule has 0 unspecified atom stereocenters. The van der Waals surface area contributed by atoms with Crippen molar-refractivity contribution in [1.29, 1.82) is 0 Å². The van der Waals surface area contributed by atoms with Gasteiger partial charge in [-0.15, -0.1) is 0 Å². The average molecular weight is 285 g/mol. The Bertz CT molecular complexity index is 339. The minimum atomic E-state index is -4.44. The zero-order chi connectivity index (χ0) is 11.5. The Morgan fingerprint density at radius 1 is 1.33 bits per heavy atom. The summed E-state index contributed by atoms with van der Waals surface area (Å²) < 4.78 is 47.2. The van der Waals surface area contributed by atoms with Gasteiger partial charge in [0, 0.05) is 7.11 Å². The average Bonchev–Trinajstić information content (AvgIpc) is 2.14. The third-order valence-corrected chi connectivity index (χ3v) is 2.22. The molecule has 0 N–H and O–H groups in total. The highest BCUT2D eigenvalue weighted by atomic mass is 79.9. The molecular weight excluding hydrogens is 277 g/mol. The second kappa shape index (κ2) is 4.85. The number of hydrogen-bond acceptors (Lipinski definition) is 2. The van der Waals surface area contributed by atoms with E-state index >= 15 is 0 Å². The van der Waals surface area contributed by atoms with Crippen LogP contribution in [0.15, 0.2) is 22.7 Å². The van der Waals surface area contributed by atoms with Gasteiger partial charge in [-0.1, -0.05) is 6.07 Å². The highest BCUT2D eigenvalue weighted by Crippen LogP contribution is 2.40. The predicted molar refractivity (Wildman–Crippen MR) is 51.6 cm³/mol. The minimum Gasteiger partial charge on any atom is -0.466 e. The summed E-state index contributed by atoms with van der Waals surface area (Å²) in [6, 6.07) is 3.72. The van der Waals surface area contributed by atoms with Crippen molar-refractivity contribution in [3.63, 3.8) is 0 Å². The van der Waals surface area contributed by atoms with Crippen molar-refractivity contribution < 1.29 is 22.6 Å². The smallest absolute Gasteiger partial charge is 0.420 e. The fraction of sp³-hybridized carbons (Fsp3) is 0.333. The molecule has 0 bridgehead atoms. The maximum absolute atomic E-state index is 12.5. The van der Waals surface area contributed by atoms with E-state index in [1.807, 2.05) is 0 Å². The van der Waals surface area contributed by atoms with Crippen molar-refractivity contribution in [3.05, 3.63) is 28.2 Å². The highest BCUT2D eigenvalue weighted by Gasteiger charge is 2.35. The largest absolute Gasteiger partial charge is 0.466 e. The Morgan fingerprint density at radius 2 is 2.00 bits per heavy atom. The molecule has 0 aliphatic carbocycles. The predicted octanol–water partition coefficient (Wildman–Crippen LogP) is 3.45. The molecule has 0 aromatic heterocycles. The Labute approximate surface area is 93.1 Å². The van der Waals surface area contributed by atoms with E-state index < -0.39 is 11.7 Å². The molecule has 0 saturated heterocycles. The summed E-state index contributed by atoms with van der Waals surface area (Å²) in [5.41, 5.74) is -0.825. The number of benzene rings is 1. The molecule has 1 aromatic carbocycles. The van der Waals surface area contributed by atoms with E-state index in [1.54, 1.807) is 0 Å². The van der Waals surface area contributed by atoms with E-state index in [9.17, 15) is 13.2 Å². The van der Waals surface area contributed by atoms with Crippen LogP contribution in [0, 0.1) is 0 Å². The lowest BCUT2D eigenvalue weighted by atomic mass is 10.2. The van der Waals surface area contributed by atoms with Crippen LogP contribution >= 0.6 is 15.9 Å². The van der Waals surface area contributed by atoms with Crippen molar-refractivity contribution in [3.8, 4) is 5.75 Å². The van der Waals surface area contributed by atoms with Gasteiger partial charge in [0.05, 0.1) is 10.0 Å². The molecular formula is C9H8BrF3O2. The third-order valence-electron chi connectivity index (χ3n) is 1.59. The number of alkyl halides is 3. The van der Waals surface area contributed by atoms with Crippen molar-refractivity contribution in [2.75, 3.05) is 13.9 Å². The molecule has 1 aromatic rings. The Hall–Kier alpha value is -0.750. The lowest BCUT2D eigenvalue weighted by Gasteiger charge is -2.14. The number of methoxy groups -OCH3 is 1. The van der Waals surface area contributed by atoms with Gasteiger partial charge in [0.25, 0.3) is 0 Å². The second-order valence-electron chi connectivity index (χ2n) is 2.67. The molecule has 6 heteroatoms. The zero-order valence-electron chi connectivity index (χ0n) is 7.77. The van der Waals surface area contributed by atoms with Crippen LogP contribution in [0.4, 0.5) is 13.2 Å². The lowest BCUT2D eigenvalue weighted by Crippen LogP contribution is -2.10. The molecule has 15 heavy (non-hydrogen) atoms. The maximum atomic E-state index is 12.5. The Balaban J connectivity index is 3.09. The third kappa shape index (κ3) is 3.10. The molecule has 0 spiro atoms. The fourth-order valence-corrected chi connectivity index (χ4v) is 1.48. The molecule has 0 aliphatic heterocycles. The standard InChI is InChI=1S/C9H8BrF3O2/c1-14-5-15-8-6(9(11,12)13)3-2-4-7(8)10/h2-4H,5H2,1H3. The summed E-state index contributed by atoms with van der Waals surface area (Å²) in [5.74, 6) is -0.258. The van der Waals surface area contributed by atoms with Gasteiger partial charge in [0.1, 0.15) is 5.75 Å². The van der Waals surface area contributed by atoms with Gasteiger partial charge in [-0.3, -0.25) is 0 Å². The van der Waals surface area contributed by atoms with E-state index in [0.29, 0.717) is 0 Å². The quantitative estimate of drug-likeness (QED) is 0.792. The molecule has 0 fully saturated rings. The van der Waals surface area contributed by atoms with E-state index in [4.69, 9.17) is 4.74 Å². The highest BCUT2D eigenvalue weighted by molar-refractivity contribution is 9.10. The monoisotopic (exact) mass is 284 g/mol. The first-order chi connectivity index (χ1) is 6.96. The van der Waals surface area contributed by atoms with E-state index in [1.165, 1.54) is 19.2 Å².